The van der Waals surface area contributed by atoms with Gasteiger partial charge in [-0.15, -0.1) is 0 Å². The molecule has 7 heteroatoms. The number of hydrogen-bond acceptors (Lipinski definition) is 5. The smallest absolute Gasteiger partial charge is 0.246 e. The van der Waals surface area contributed by atoms with Gasteiger partial charge in [-0.2, -0.15) is 4.31 Å². The van der Waals surface area contributed by atoms with Crippen molar-refractivity contribution in [3.8, 4) is 5.75 Å². The van der Waals surface area contributed by atoms with E-state index in [2.05, 4.69) is 0 Å². The summed E-state index contributed by atoms with van der Waals surface area (Å²) in [6.45, 7) is 0.981. The molecule has 1 aromatic carbocycles. The molecule has 23 heavy (non-hydrogen) atoms. The zero-order valence-corrected chi connectivity index (χ0v) is 13.8. The Bertz CT molecular complexity index is 688. The molecule has 0 spiro atoms. The van der Waals surface area contributed by atoms with E-state index in [0.717, 1.165) is 31.8 Å². The van der Waals surface area contributed by atoms with Crippen LogP contribution in [0, 0.1) is 0 Å². The Kier molecular flexibility index (Phi) is 5.79. The molecule has 126 valence electrons. The molecule has 2 rings (SSSR count). The summed E-state index contributed by atoms with van der Waals surface area (Å²) >= 11 is 0. The third kappa shape index (κ3) is 4.33. The first kappa shape index (κ1) is 17.5. The number of carbonyl (C=O) groups is 1. The van der Waals surface area contributed by atoms with E-state index in [-0.39, 0.29) is 10.6 Å². The van der Waals surface area contributed by atoms with Gasteiger partial charge in [0.05, 0.1) is 13.1 Å². The van der Waals surface area contributed by atoms with Crippen molar-refractivity contribution in [2.45, 2.75) is 30.6 Å². The number of carbonyl (C=O) groups excluding carboxylic acids is 1. The zero-order valence-electron chi connectivity index (χ0n) is 13.0. The maximum absolute atomic E-state index is 12.9. The summed E-state index contributed by atoms with van der Waals surface area (Å²) in [7, 11) is -2.27. The Balaban J connectivity index is 2.41. The lowest BCUT2D eigenvalue weighted by Crippen LogP contribution is -2.32. The van der Waals surface area contributed by atoms with Crippen LogP contribution in [-0.2, 0) is 14.8 Å². The van der Waals surface area contributed by atoms with E-state index in [1.807, 2.05) is 0 Å². The van der Waals surface area contributed by atoms with Crippen molar-refractivity contribution in [3.63, 3.8) is 0 Å². The minimum Gasteiger partial charge on any atom is -0.545 e. The molecule has 1 aliphatic rings. The van der Waals surface area contributed by atoms with Crippen LogP contribution < -0.4 is 9.84 Å². The minimum atomic E-state index is -3.68. The van der Waals surface area contributed by atoms with Crippen molar-refractivity contribution in [1.82, 2.24) is 4.31 Å². The second-order valence-electron chi connectivity index (χ2n) is 5.38. The number of nitrogens with zero attached hydrogens (tertiary/aromatic N) is 1. The number of benzene rings is 1. The SMILES string of the molecule is COc1ccc(/C=C/C(=O)[O-])cc1S(=O)(=O)N1CCCCCC1. The lowest BCUT2D eigenvalue weighted by atomic mass is 10.2. The van der Waals surface area contributed by atoms with Gasteiger partial charge in [0, 0.05) is 13.1 Å². The van der Waals surface area contributed by atoms with Crippen LogP contribution in [0.2, 0.25) is 0 Å². The van der Waals surface area contributed by atoms with Gasteiger partial charge in [0.1, 0.15) is 10.6 Å². The highest BCUT2D eigenvalue weighted by molar-refractivity contribution is 7.89. The summed E-state index contributed by atoms with van der Waals surface area (Å²) in [4.78, 5) is 10.6. The highest BCUT2D eigenvalue weighted by atomic mass is 32.2. The summed E-state index contributed by atoms with van der Waals surface area (Å²) in [6.07, 6.45) is 5.90. The average molecular weight is 338 g/mol. The zero-order chi connectivity index (χ0) is 16.9. The van der Waals surface area contributed by atoms with E-state index in [9.17, 15) is 18.3 Å². The van der Waals surface area contributed by atoms with E-state index in [4.69, 9.17) is 4.74 Å². The lowest BCUT2D eigenvalue weighted by Gasteiger charge is -2.21. The van der Waals surface area contributed by atoms with Gasteiger partial charge in [-0.05, 0) is 36.6 Å². The molecule has 6 nitrogen and oxygen atoms in total. The molecule has 1 aliphatic heterocycles. The van der Waals surface area contributed by atoms with Gasteiger partial charge in [0.15, 0.2) is 0 Å². The molecule has 1 saturated heterocycles. The topological polar surface area (TPSA) is 86.7 Å². The van der Waals surface area contributed by atoms with Crippen molar-refractivity contribution < 1.29 is 23.1 Å². The minimum absolute atomic E-state index is 0.0578. The molecule has 0 unspecified atom stereocenters. The summed E-state index contributed by atoms with van der Waals surface area (Å²) < 4.78 is 32.5. The molecule has 0 amide bonds. The van der Waals surface area contributed by atoms with Crippen LogP contribution in [0.25, 0.3) is 6.08 Å². The Morgan fingerprint density at radius 2 is 1.87 bits per heavy atom. The second kappa shape index (κ2) is 7.61. The predicted octanol–water partition coefficient (Wildman–Crippen LogP) is 1.02. The van der Waals surface area contributed by atoms with Crippen LogP contribution in [0.1, 0.15) is 31.2 Å². The molecule has 0 N–H and O–H groups in total. The fraction of sp³-hybridized carbons (Fsp3) is 0.438. The van der Waals surface area contributed by atoms with Crippen LogP contribution in [0.3, 0.4) is 0 Å². The Hall–Kier alpha value is -1.86. The van der Waals surface area contributed by atoms with Gasteiger partial charge in [-0.3, -0.25) is 0 Å². The van der Waals surface area contributed by atoms with Gasteiger partial charge in [0.2, 0.25) is 10.0 Å². The Morgan fingerprint density at radius 1 is 1.22 bits per heavy atom. The van der Waals surface area contributed by atoms with Crippen LogP contribution in [-0.4, -0.2) is 38.9 Å². The first-order chi connectivity index (χ1) is 10.9. The second-order valence-corrected chi connectivity index (χ2v) is 7.29. The molecule has 1 heterocycles. The largest absolute Gasteiger partial charge is 0.545 e. The Morgan fingerprint density at radius 3 is 2.43 bits per heavy atom. The van der Waals surface area contributed by atoms with Crippen LogP contribution in [0.4, 0.5) is 0 Å². The van der Waals surface area contributed by atoms with Crippen molar-refractivity contribution in [2.75, 3.05) is 20.2 Å². The number of sulfonamides is 1. The first-order valence-corrected chi connectivity index (χ1v) is 8.96. The maximum Gasteiger partial charge on any atom is 0.246 e. The standard InChI is InChI=1S/C16H21NO5S/c1-22-14-8-6-13(7-9-16(18)19)12-15(14)23(20,21)17-10-4-2-3-5-11-17/h6-9,12H,2-5,10-11H2,1H3,(H,18,19)/p-1/b9-7+. The third-order valence-electron chi connectivity index (χ3n) is 3.78. The molecular weight excluding hydrogens is 318 g/mol. The first-order valence-electron chi connectivity index (χ1n) is 7.52. The van der Waals surface area contributed by atoms with Gasteiger partial charge in [0.25, 0.3) is 0 Å². The van der Waals surface area contributed by atoms with E-state index >= 15 is 0 Å². The van der Waals surface area contributed by atoms with E-state index in [1.54, 1.807) is 6.07 Å². The van der Waals surface area contributed by atoms with E-state index in [0.29, 0.717) is 18.7 Å². The quantitative estimate of drug-likeness (QED) is 0.748. The highest BCUT2D eigenvalue weighted by Gasteiger charge is 2.28. The summed E-state index contributed by atoms with van der Waals surface area (Å²) in [5, 5.41) is 10.5. The number of carboxylic acids is 1. The van der Waals surface area contributed by atoms with Crippen molar-refractivity contribution >= 4 is 22.1 Å². The summed E-state index contributed by atoms with van der Waals surface area (Å²) in [5.41, 5.74) is 0.461. The number of ether oxygens (including phenoxy) is 1. The fourth-order valence-electron chi connectivity index (χ4n) is 2.58. The number of aliphatic carboxylic acids is 1. The van der Waals surface area contributed by atoms with Gasteiger partial charge < -0.3 is 14.6 Å². The van der Waals surface area contributed by atoms with Gasteiger partial charge >= 0.3 is 0 Å². The summed E-state index contributed by atoms with van der Waals surface area (Å²) in [5.74, 6) is -1.09. The van der Waals surface area contributed by atoms with Crippen LogP contribution in [0.15, 0.2) is 29.2 Å². The predicted molar refractivity (Wildman–Crippen MR) is 84.3 cm³/mol. The molecule has 0 bridgehead atoms. The fourth-order valence-corrected chi connectivity index (χ4v) is 4.29. The molecule has 0 radical (unpaired) electrons. The number of rotatable bonds is 5. The Labute approximate surface area is 136 Å². The van der Waals surface area contributed by atoms with Crippen molar-refractivity contribution in [3.05, 3.63) is 29.8 Å². The third-order valence-corrected chi connectivity index (χ3v) is 5.70. The number of carboxylic acid groups (broad SMARTS) is 1. The van der Waals surface area contributed by atoms with Crippen molar-refractivity contribution in [1.29, 1.82) is 0 Å². The monoisotopic (exact) mass is 338 g/mol. The van der Waals surface area contributed by atoms with E-state index < -0.39 is 16.0 Å². The maximum atomic E-state index is 12.9. The molecule has 1 fully saturated rings. The van der Waals surface area contributed by atoms with Crippen LogP contribution >= 0.6 is 0 Å². The molecule has 0 aromatic heterocycles. The number of methoxy groups -OCH3 is 1. The molecule has 0 aliphatic carbocycles. The van der Waals surface area contributed by atoms with Gasteiger partial charge in [-0.1, -0.05) is 25.0 Å². The highest BCUT2D eigenvalue weighted by Crippen LogP contribution is 2.29. The molecule has 0 atom stereocenters. The lowest BCUT2D eigenvalue weighted by molar-refractivity contribution is -0.297. The van der Waals surface area contributed by atoms with Crippen molar-refractivity contribution in [2.24, 2.45) is 0 Å². The molecule has 1 aromatic rings. The molecular formula is C16H20NO5S-. The van der Waals surface area contributed by atoms with Gasteiger partial charge in [-0.25, -0.2) is 8.42 Å². The normalized spacial score (nSPS) is 17.1. The van der Waals surface area contributed by atoms with Crippen LogP contribution in [0.5, 0.6) is 5.75 Å². The average Bonchev–Trinajstić information content (AvgIpc) is 2.82. The molecule has 0 saturated carbocycles. The van der Waals surface area contributed by atoms with E-state index in [1.165, 1.54) is 29.6 Å². The summed E-state index contributed by atoms with van der Waals surface area (Å²) in [6, 6.07) is 4.55. The number of hydrogen-bond donors (Lipinski definition) is 0.